The minimum Gasteiger partial charge on any atom is -0.338 e. The number of carbonyl (C=O) groups excluding carboxylic acids is 1. The molecule has 29 heavy (non-hydrogen) atoms. The zero-order valence-corrected chi connectivity index (χ0v) is 19.1. The molecule has 0 aliphatic carbocycles. The van der Waals surface area contributed by atoms with Crippen molar-refractivity contribution in [3.63, 3.8) is 0 Å². The summed E-state index contributed by atoms with van der Waals surface area (Å²) >= 11 is 7.51. The predicted octanol–water partition coefficient (Wildman–Crippen LogP) is 2.99. The Kier molecular flexibility index (Phi) is 6.90. The zero-order valence-electron chi connectivity index (χ0n) is 16.7. The van der Waals surface area contributed by atoms with Crippen LogP contribution in [0.4, 0.5) is 0 Å². The number of sulfone groups is 1. The number of thioether (sulfide) groups is 1. The van der Waals surface area contributed by atoms with Gasteiger partial charge in [0.25, 0.3) is 0 Å². The lowest BCUT2D eigenvalue weighted by Crippen LogP contribution is -2.44. The molecule has 1 aromatic heterocycles. The molecule has 1 aromatic carbocycles. The fraction of sp³-hybridized carbons (Fsp3) is 0.526. The Morgan fingerprint density at radius 1 is 1.41 bits per heavy atom. The van der Waals surface area contributed by atoms with Crippen molar-refractivity contribution in [1.29, 1.82) is 0 Å². The van der Waals surface area contributed by atoms with E-state index in [1.54, 1.807) is 15.8 Å². The molecule has 3 rings (SSSR count). The number of hydrogen-bond donors (Lipinski definition) is 0. The lowest BCUT2D eigenvalue weighted by molar-refractivity contribution is -0.130. The second-order valence-electron chi connectivity index (χ2n) is 7.70. The summed E-state index contributed by atoms with van der Waals surface area (Å²) < 4.78 is 25.5. The first-order valence-electron chi connectivity index (χ1n) is 9.45. The van der Waals surface area contributed by atoms with Gasteiger partial charge in [0.15, 0.2) is 15.0 Å². The number of benzene rings is 1. The summed E-state index contributed by atoms with van der Waals surface area (Å²) in [5, 5.41) is 9.32. The van der Waals surface area contributed by atoms with Crippen molar-refractivity contribution in [2.24, 2.45) is 5.92 Å². The third-order valence-corrected chi connectivity index (χ3v) is 7.89. The van der Waals surface area contributed by atoms with Gasteiger partial charge in [0.2, 0.25) is 5.91 Å². The monoisotopic (exact) mass is 456 g/mol. The molecule has 158 valence electrons. The lowest BCUT2D eigenvalue weighted by atomic mass is 10.1. The number of halogens is 1. The molecule has 1 aliphatic rings. The number of rotatable bonds is 7. The predicted molar refractivity (Wildman–Crippen MR) is 115 cm³/mol. The fourth-order valence-corrected chi connectivity index (χ4v) is 6.03. The quantitative estimate of drug-likeness (QED) is 0.595. The van der Waals surface area contributed by atoms with E-state index in [2.05, 4.69) is 10.2 Å². The average Bonchev–Trinajstić information content (AvgIpc) is 3.26. The van der Waals surface area contributed by atoms with Crippen molar-refractivity contribution in [1.82, 2.24) is 19.7 Å². The standard InChI is InChI=1S/C19H25ClN4O3S2/c1-13(2)9-23(16-6-7-29(26,27)11-16)18(25)10-28-19-22-21-12-24(19)15-5-4-14(3)17(20)8-15/h4-5,8,12-13,16H,6-7,9-11H2,1-3H3. The van der Waals surface area contributed by atoms with Gasteiger partial charge >= 0.3 is 0 Å². The Bertz CT molecular complexity index is 991. The van der Waals surface area contributed by atoms with Gasteiger partial charge in [0, 0.05) is 17.6 Å². The summed E-state index contributed by atoms with van der Waals surface area (Å²) in [4.78, 5) is 14.7. The van der Waals surface area contributed by atoms with Crippen molar-refractivity contribution in [3.05, 3.63) is 35.1 Å². The van der Waals surface area contributed by atoms with Gasteiger partial charge in [-0.1, -0.05) is 43.3 Å². The fourth-order valence-electron chi connectivity index (χ4n) is 3.31. The van der Waals surface area contributed by atoms with Gasteiger partial charge in [-0.05, 0) is 37.0 Å². The van der Waals surface area contributed by atoms with Gasteiger partial charge in [0.1, 0.15) is 6.33 Å². The summed E-state index contributed by atoms with van der Waals surface area (Å²) in [6.45, 7) is 6.52. The Hall–Kier alpha value is -1.58. The minimum absolute atomic E-state index is 0.0498. The first-order chi connectivity index (χ1) is 13.7. The number of carbonyl (C=O) groups is 1. The van der Waals surface area contributed by atoms with Crippen LogP contribution in [0.25, 0.3) is 5.69 Å². The Balaban J connectivity index is 1.72. The molecule has 0 N–H and O–H groups in total. The molecular weight excluding hydrogens is 432 g/mol. The average molecular weight is 457 g/mol. The Labute approximate surface area is 180 Å². The van der Waals surface area contributed by atoms with E-state index in [1.807, 2.05) is 39.0 Å². The van der Waals surface area contributed by atoms with E-state index in [9.17, 15) is 13.2 Å². The normalized spacial score (nSPS) is 18.3. The third kappa shape index (κ3) is 5.52. The highest BCUT2D eigenvalue weighted by molar-refractivity contribution is 7.99. The van der Waals surface area contributed by atoms with E-state index >= 15 is 0 Å². The van der Waals surface area contributed by atoms with Crippen LogP contribution in [0.2, 0.25) is 5.02 Å². The maximum absolute atomic E-state index is 13.0. The van der Waals surface area contributed by atoms with Crippen molar-refractivity contribution in [2.75, 3.05) is 23.8 Å². The smallest absolute Gasteiger partial charge is 0.233 e. The van der Waals surface area contributed by atoms with E-state index in [-0.39, 0.29) is 35.1 Å². The number of aryl methyl sites for hydroxylation is 1. The van der Waals surface area contributed by atoms with Gasteiger partial charge in [-0.15, -0.1) is 10.2 Å². The van der Waals surface area contributed by atoms with Crippen LogP contribution in [0, 0.1) is 12.8 Å². The van der Waals surface area contributed by atoms with Crippen LogP contribution in [-0.2, 0) is 14.6 Å². The van der Waals surface area contributed by atoms with Gasteiger partial charge < -0.3 is 4.90 Å². The molecule has 0 saturated carbocycles. The second-order valence-corrected chi connectivity index (χ2v) is 11.3. The lowest BCUT2D eigenvalue weighted by Gasteiger charge is -2.29. The highest BCUT2D eigenvalue weighted by atomic mass is 35.5. The van der Waals surface area contributed by atoms with E-state index in [4.69, 9.17) is 11.6 Å². The Morgan fingerprint density at radius 2 is 2.17 bits per heavy atom. The molecular formula is C19H25ClN4O3S2. The van der Waals surface area contributed by atoms with Crippen molar-refractivity contribution in [3.8, 4) is 5.69 Å². The summed E-state index contributed by atoms with van der Waals surface area (Å²) in [7, 11) is -3.06. The van der Waals surface area contributed by atoms with Crippen LogP contribution >= 0.6 is 23.4 Å². The molecule has 1 unspecified atom stereocenters. The topological polar surface area (TPSA) is 85.2 Å². The first kappa shape index (κ1) is 22.1. The summed E-state index contributed by atoms with van der Waals surface area (Å²) in [5.41, 5.74) is 1.80. The number of aromatic nitrogens is 3. The van der Waals surface area contributed by atoms with Crippen LogP contribution in [0.15, 0.2) is 29.7 Å². The van der Waals surface area contributed by atoms with Gasteiger partial charge in [0.05, 0.1) is 22.9 Å². The summed E-state index contributed by atoms with van der Waals surface area (Å²) in [5.74, 6) is 0.540. The van der Waals surface area contributed by atoms with E-state index < -0.39 is 9.84 Å². The zero-order chi connectivity index (χ0) is 21.2. The molecule has 0 bridgehead atoms. The van der Waals surface area contributed by atoms with Crippen LogP contribution in [0.3, 0.4) is 0 Å². The van der Waals surface area contributed by atoms with Crippen LogP contribution in [0.5, 0.6) is 0 Å². The van der Waals surface area contributed by atoms with Crippen LogP contribution in [0.1, 0.15) is 25.8 Å². The minimum atomic E-state index is -3.06. The SMILES string of the molecule is Cc1ccc(-n2cnnc2SCC(=O)N(CC(C)C)C2CCS(=O)(=O)C2)cc1Cl. The van der Waals surface area contributed by atoms with Crippen molar-refractivity contribution >= 4 is 39.1 Å². The first-order valence-corrected chi connectivity index (χ1v) is 12.6. The van der Waals surface area contributed by atoms with E-state index in [0.717, 1.165) is 11.3 Å². The van der Waals surface area contributed by atoms with Gasteiger partial charge in [-0.25, -0.2) is 8.42 Å². The molecule has 0 spiro atoms. The molecule has 1 atom stereocenters. The number of hydrogen-bond acceptors (Lipinski definition) is 6. The van der Waals surface area contributed by atoms with E-state index in [0.29, 0.717) is 23.1 Å². The molecule has 2 heterocycles. The van der Waals surface area contributed by atoms with Crippen LogP contribution < -0.4 is 0 Å². The molecule has 7 nitrogen and oxygen atoms in total. The summed E-state index contributed by atoms with van der Waals surface area (Å²) in [6.07, 6.45) is 2.09. The van der Waals surface area contributed by atoms with Crippen molar-refractivity contribution < 1.29 is 13.2 Å². The maximum atomic E-state index is 13.0. The molecule has 0 radical (unpaired) electrons. The van der Waals surface area contributed by atoms with Crippen molar-refractivity contribution in [2.45, 2.75) is 38.4 Å². The van der Waals surface area contributed by atoms with Gasteiger partial charge in [-0.3, -0.25) is 9.36 Å². The molecule has 2 aromatic rings. The molecule has 1 aliphatic heterocycles. The van der Waals surface area contributed by atoms with Crippen LogP contribution in [-0.4, -0.2) is 63.8 Å². The largest absolute Gasteiger partial charge is 0.338 e. The third-order valence-electron chi connectivity index (χ3n) is 4.81. The summed E-state index contributed by atoms with van der Waals surface area (Å²) in [6, 6.07) is 5.43. The van der Waals surface area contributed by atoms with Gasteiger partial charge in [-0.2, -0.15) is 0 Å². The number of nitrogens with zero attached hydrogens (tertiary/aromatic N) is 4. The maximum Gasteiger partial charge on any atom is 0.233 e. The highest BCUT2D eigenvalue weighted by Gasteiger charge is 2.34. The molecule has 1 fully saturated rings. The van der Waals surface area contributed by atoms with E-state index in [1.165, 1.54) is 11.8 Å². The Morgan fingerprint density at radius 3 is 2.79 bits per heavy atom. The molecule has 10 heteroatoms. The molecule has 1 saturated heterocycles. The molecule has 1 amide bonds. The second kappa shape index (κ2) is 9.06. The highest BCUT2D eigenvalue weighted by Crippen LogP contribution is 2.25. The number of amides is 1.